The average molecular weight is 301 g/mol. The third-order valence-electron chi connectivity index (χ3n) is 4.21. The highest BCUT2D eigenvalue weighted by atomic mass is 35.5. The molecule has 6 nitrogen and oxygen atoms in total. The van der Waals surface area contributed by atoms with E-state index in [-0.39, 0.29) is 12.4 Å². The molecule has 0 amide bonds. The number of likely N-dealkylation sites (tertiary alicyclic amines) is 1. The second kappa shape index (κ2) is 7.33. The van der Waals surface area contributed by atoms with Crippen LogP contribution in [0, 0.1) is 5.92 Å². The molecule has 2 fully saturated rings. The molecule has 0 radical (unpaired) electrons. The summed E-state index contributed by atoms with van der Waals surface area (Å²) in [5, 5.41) is 15.6. The van der Waals surface area contributed by atoms with Gasteiger partial charge in [-0.2, -0.15) is 0 Å². The van der Waals surface area contributed by atoms with Crippen molar-refractivity contribution in [2.24, 2.45) is 5.92 Å². The minimum atomic E-state index is 0. The highest BCUT2D eigenvalue weighted by molar-refractivity contribution is 5.85. The number of tetrazole rings is 1. The van der Waals surface area contributed by atoms with E-state index in [4.69, 9.17) is 0 Å². The molecule has 1 saturated heterocycles. The Balaban J connectivity index is 0.00000147. The predicted molar refractivity (Wildman–Crippen MR) is 79.9 cm³/mol. The van der Waals surface area contributed by atoms with E-state index in [1.54, 1.807) is 0 Å². The molecule has 2 heterocycles. The first-order valence-corrected chi connectivity index (χ1v) is 7.56. The van der Waals surface area contributed by atoms with Crippen LogP contribution in [0.3, 0.4) is 0 Å². The standard InChI is InChI=1S/C13H24N6.ClH/c1-2-14-9-11-5-7-18(8-6-11)10-13-15-16-17-19(13)12-3-4-12;/h11-12,14H,2-10H2,1H3;1H. The lowest BCUT2D eigenvalue weighted by atomic mass is 9.97. The highest BCUT2D eigenvalue weighted by Crippen LogP contribution is 2.34. The lowest BCUT2D eigenvalue weighted by Gasteiger charge is -2.31. The van der Waals surface area contributed by atoms with Gasteiger partial charge >= 0.3 is 0 Å². The van der Waals surface area contributed by atoms with Crippen molar-refractivity contribution in [3.05, 3.63) is 5.82 Å². The molecule has 1 N–H and O–H groups in total. The van der Waals surface area contributed by atoms with Crippen molar-refractivity contribution >= 4 is 12.4 Å². The molecular weight excluding hydrogens is 276 g/mol. The van der Waals surface area contributed by atoms with Crippen LogP contribution in [0.15, 0.2) is 0 Å². The molecular formula is C13H25ClN6. The van der Waals surface area contributed by atoms with Gasteiger partial charge in [0.1, 0.15) is 0 Å². The van der Waals surface area contributed by atoms with Crippen LogP contribution in [-0.2, 0) is 6.54 Å². The summed E-state index contributed by atoms with van der Waals surface area (Å²) in [4.78, 5) is 2.49. The van der Waals surface area contributed by atoms with Crippen LogP contribution in [-0.4, -0.2) is 51.3 Å². The first kappa shape index (κ1) is 15.7. The van der Waals surface area contributed by atoms with E-state index in [9.17, 15) is 0 Å². The Morgan fingerprint density at radius 1 is 1.20 bits per heavy atom. The molecule has 2 aliphatic rings. The van der Waals surface area contributed by atoms with E-state index in [1.807, 2.05) is 4.68 Å². The molecule has 114 valence electrons. The van der Waals surface area contributed by atoms with Gasteiger partial charge in [0.2, 0.25) is 0 Å². The minimum absolute atomic E-state index is 0. The lowest BCUT2D eigenvalue weighted by Crippen LogP contribution is -2.37. The van der Waals surface area contributed by atoms with E-state index in [0.717, 1.165) is 24.8 Å². The highest BCUT2D eigenvalue weighted by Gasteiger charge is 2.29. The SMILES string of the molecule is CCNCC1CCN(Cc2nnnn2C2CC2)CC1.Cl. The monoisotopic (exact) mass is 300 g/mol. The van der Waals surface area contributed by atoms with Crippen LogP contribution in [0.25, 0.3) is 0 Å². The smallest absolute Gasteiger partial charge is 0.165 e. The molecule has 0 atom stereocenters. The maximum atomic E-state index is 4.19. The first-order chi connectivity index (χ1) is 9.36. The van der Waals surface area contributed by atoms with Gasteiger partial charge in [-0.25, -0.2) is 4.68 Å². The zero-order valence-electron chi connectivity index (χ0n) is 12.2. The van der Waals surface area contributed by atoms with Crippen LogP contribution in [0.4, 0.5) is 0 Å². The topological polar surface area (TPSA) is 58.9 Å². The Hall–Kier alpha value is -0.720. The van der Waals surface area contributed by atoms with Gasteiger partial charge in [0.25, 0.3) is 0 Å². The van der Waals surface area contributed by atoms with Crippen LogP contribution >= 0.6 is 12.4 Å². The Labute approximate surface area is 126 Å². The number of halogens is 1. The van der Waals surface area contributed by atoms with Gasteiger partial charge in [0.05, 0.1) is 12.6 Å². The third kappa shape index (κ3) is 3.90. The van der Waals surface area contributed by atoms with Crippen LogP contribution in [0.5, 0.6) is 0 Å². The number of aromatic nitrogens is 4. The number of nitrogens with zero attached hydrogens (tertiary/aromatic N) is 5. The van der Waals surface area contributed by atoms with E-state index in [2.05, 4.69) is 32.7 Å². The van der Waals surface area contributed by atoms with Crippen molar-refractivity contribution < 1.29 is 0 Å². The van der Waals surface area contributed by atoms with Crippen molar-refractivity contribution in [1.29, 1.82) is 0 Å². The van der Waals surface area contributed by atoms with Crippen LogP contribution in [0.2, 0.25) is 0 Å². The van der Waals surface area contributed by atoms with E-state index < -0.39 is 0 Å². The van der Waals surface area contributed by atoms with Gasteiger partial charge in [-0.15, -0.1) is 17.5 Å². The zero-order valence-corrected chi connectivity index (χ0v) is 13.0. The molecule has 1 aromatic heterocycles. The molecule has 1 aromatic rings. The number of nitrogens with one attached hydrogen (secondary N) is 1. The maximum absolute atomic E-state index is 4.19. The quantitative estimate of drug-likeness (QED) is 0.857. The molecule has 1 aliphatic carbocycles. The van der Waals surface area contributed by atoms with Crippen LogP contribution in [0.1, 0.15) is 44.5 Å². The maximum Gasteiger partial charge on any atom is 0.165 e. The second-order valence-corrected chi connectivity index (χ2v) is 5.80. The van der Waals surface area contributed by atoms with Crippen LogP contribution < -0.4 is 5.32 Å². The minimum Gasteiger partial charge on any atom is -0.317 e. The van der Waals surface area contributed by atoms with E-state index in [1.165, 1.54) is 45.3 Å². The largest absolute Gasteiger partial charge is 0.317 e. The number of hydrogen-bond acceptors (Lipinski definition) is 5. The Morgan fingerprint density at radius 3 is 2.60 bits per heavy atom. The molecule has 0 unspecified atom stereocenters. The summed E-state index contributed by atoms with van der Waals surface area (Å²) in [7, 11) is 0. The summed E-state index contributed by atoms with van der Waals surface area (Å²) in [6.45, 7) is 7.69. The number of hydrogen-bond donors (Lipinski definition) is 1. The lowest BCUT2D eigenvalue weighted by molar-refractivity contribution is 0.170. The summed E-state index contributed by atoms with van der Waals surface area (Å²) in [6, 6.07) is 0.580. The molecule has 1 aliphatic heterocycles. The Kier molecular flexibility index (Phi) is 5.74. The fourth-order valence-corrected chi connectivity index (χ4v) is 2.82. The van der Waals surface area contributed by atoms with Gasteiger partial charge in [-0.3, -0.25) is 4.90 Å². The van der Waals surface area contributed by atoms with E-state index in [0.29, 0.717) is 6.04 Å². The molecule has 0 aromatic carbocycles. The fraction of sp³-hybridized carbons (Fsp3) is 0.923. The van der Waals surface area contributed by atoms with Gasteiger partial charge < -0.3 is 5.32 Å². The molecule has 7 heteroatoms. The number of piperidine rings is 1. The van der Waals surface area contributed by atoms with Crippen molar-refractivity contribution in [2.45, 2.75) is 45.2 Å². The summed E-state index contributed by atoms with van der Waals surface area (Å²) in [6.07, 6.45) is 5.06. The van der Waals surface area contributed by atoms with Gasteiger partial charge in [0, 0.05) is 0 Å². The molecule has 1 saturated carbocycles. The summed E-state index contributed by atoms with van der Waals surface area (Å²) in [5.41, 5.74) is 0. The van der Waals surface area contributed by atoms with Crippen molar-refractivity contribution in [3.63, 3.8) is 0 Å². The Morgan fingerprint density at radius 2 is 1.95 bits per heavy atom. The average Bonchev–Trinajstić information content (AvgIpc) is 3.19. The van der Waals surface area contributed by atoms with Gasteiger partial charge in [-0.05, 0) is 68.2 Å². The third-order valence-corrected chi connectivity index (χ3v) is 4.21. The summed E-state index contributed by atoms with van der Waals surface area (Å²) >= 11 is 0. The summed E-state index contributed by atoms with van der Waals surface area (Å²) < 4.78 is 2.03. The van der Waals surface area contributed by atoms with Crippen molar-refractivity contribution in [2.75, 3.05) is 26.2 Å². The van der Waals surface area contributed by atoms with E-state index >= 15 is 0 Å². The second-order valence-electron chi connectivity index (χ2n) is 5.80. The molecule has 3 rings (SSSR count). The van der Waals surface area contributed by atoms with Gasteiger partial charge in [-0.1, -0.05) is 6.92 Å². The molecule has 20 heavy (non-hydrogen) atoms. The van der Waals surface area contributed by atoms with Crippen molar-refractivity contribution in [1.82, 2.24) is 30.4 Å². The normalized spacial score (nSPS) is 20.9. The zero-order chi connectivity index (χ0) is 13.1. The predicted octanol–water partition coefficient (Wildman–Crippen LogP) is 1.25. The number of rotatable bonds is 6. The van der Waals surface area contributed by atoms with Crippen molar-refractivity contribution in [3.8, 4) is 0 Å². The first-order valence-electron chi connectivity index (χ1n) is 7.56. The fourth-order valence-electron chi connectivity index (χ4n) is 2.82. The molecule has 0 bridgehead atoms. The summed E-state index contributed by atoms with van der Waals surface area (Å²) in [5.74, 6) is 1.89. The van der Waals surface area contributed by atoms with Gasteiger partial charge in [0.15, 0.2) is 5.82 Å². The molecule has 0 spiro atoms. The Bertz CT molecular complexity index is 397.